The van der Waals surface area contributed by atoms with Gasteiger partial charge in [0.05, 0.1) is 15.9 Å². The molecule has 9 rings (SSSR count). The Morgan fingerprint density at radius 1 is 0.442 bits per heavy atom. The highest BCUT2D eigenvalue weighted by atomic mass is 32.1. The van der Waals surface area contributed by atoms with E-state index in [-0.39, 0.29) is 0 Å². The van der Waals surface area contributed by atoms with E-state index >= 15 is 0 Å². The predicted molar refractivity (Wildman–Crippen MR) is 188 cm³/mol. The highest BCUT2D eigenvalue weighted by molar-refractivity contribution is 7.27. The Labute approximate surface area is 256 Å². The van der Waals surface area contributed by atoms with Crippen molar-refractivity contribution in [1.29, 1.82) is 0 Å². The lowest BCUT2D eigenvalue weighted by molar-refractivity contribution is 1.31. The van der Waals surface area contributed by atoms with Gasteiger partial charge in [-0.15, -0.1) is 22.7 Å². The molecule has 0 unspecified atom stereocenters. The number of aromatic nitrogens is 1. The minimum atomic E-state index is 1.03. The van der Waals surface area contributed by atoms with E-state index in [4.69, 9.17) is 4.98 Å². The number of hydrogen-bond acceptors (Lipinski definition) is 4. The second kappa shape index (κ2) is 9.77. The Kier molecular flexibility index (Phi) is 5.58. The van der Waals surface area contributed by atoms with Gasteiger partial charge in [-0.25, -0.2) is 0 Å². The first-order valence-corrected chi connectivity index (χ1v) is 16.0. The molecule has 0 saturated carbocycles. The van der Waals surface area contributed by atoms with Gasteiger partial charge >= 0.3 is 0 Å². The predicted octanol–water partition coefficient (Wildman–Crippen LogP) is 12.1. The number of para-hydroxylation sites is 1. The third-order valence-electron chi connectivity index (χ3n) is 8.31. The second-order valence-corrected chi connectivity index (χ2v) is 12.9. The molecule has 0 amide bonds. The standard InChI is InChI=1S/C39H24N2S2/c1-2-9-25(10-3-1)26-17-19-27(20-18-26)41(28-21-22-30-29-11-5-7-16-36(29)42-37(30)23-28)35-15-8-13-31-33-24-40-34-14-6-4-12-32(34)38(33)43-39(31)35/h1-24H. The van der Waals surface area contributed by atoms with Crippen molar-refractivity contribution in [1.82, 2.24) is 4.98 Å². The SMILES string of the molecule is c1ccc(-c2ccc(N(c3ccc4c(c3)sc3ccccc34)c3cccc4c3sc3c5ccccc5ncc43)cc2)cc1. The molecule has 0 radical (unpaired) electrons. The normalized spacial score (nSPS) is 11.7. The van der Waals surface area contributed by atoms with Crippen molar-refractivity contribution in [2.45, 2.75) is 0 Å². The van der Waals surface area contributed by atoms with Crippen molar-refractivity contribution in [3.63, 3.8) is 0 Å². The first kappa shape index (κ1) is 24.6. The minimum absolute atomic E-state index is 1.03. The maximum absolute atomic E-state index is 4.81. The van der Waals surface area contributed by atoms with Crippen LogP contribution >= 0.6 is 22.7 Å². The zero-order valence-corrected chi connectivity index (χ0v) is 24.7. The van der Waals surface area contributed by atoms with E-state index in [1.54, 1.807) is 0 Å². The van der Waals surface area contributed by atoms with Gasteiger partial charge in [-0.05, 0) is 53.6 Å². The minimum Gasteiger partial charge on any atom is -0.309 e. The van der Waals surface area contributed by atoms with Crippen molar-refractivity contribution in [3.8, 4) is 11.1 Å². The Morgan fingerprint density at radius 2 is 1.14 bits per heavy atom. The fourth-order valence-electron chi connectivity index (χ4n) is 6.25. The summed E-state index contributed by atoms with van der Waals surface area (Å²) in [5.74, 6) is 0. The summed E-state index contributed by atoms with van der Waals surface area (Å²) in [7, 11) is 0. The zero-order valence-electron chi connectivity index (χ0n) is 23.1. The lowest BCUT2D eigenvalue weighted by Gasteiger charge is -2.26. The van der Waals surface area contributed by atoms with Gasteiger partial charge in [0.1, 0.15) is 0 Å². The molecule has 9 aromatic rings. The van der Waals surface area contributed by atoms with Gasteiger partial charge < -0.3 is 4.90 Å². The van der Waals surface area contributed by atoms with E-state index in [1.807, 2.05) is 28.9 Å². The highest BCUT2D eigenvalue weighted by Crippen LogP contribution is 2.47. The van der Waals surface area contributed by atoms with E-state index in [9.17, 15) is 0 Å². The maximum atomic E-state index is 4.81. The third-order valence-corrected chi connectivity index (χ3v) is 10.7. The summed E-state index contributed by atoms with van der Waals surface area (Å²) in [6.07, 6.45) is 2.04. The van der Waals surface area contributed by atoms with Crippen molar-refractivity contribution in [3.05, 3.63) is 146 Å². The van der Waals surface area contributed by atoms with Crippen molar-refractivity contribution >= 4 is 91.0 Å². The van der Waals surface area contributed by atoms with Crippen molar-refractivity contribution in [2.75, 3.05) is 4.90 Å². The van der Waals surface area contributed by atoms with E-state index in [1.165, 1.54) is 62.5 Å². The Morgan fingerprint density at radius 3 is 2.02 bits per heavy atom. The largest absolute Gasteiger partial charge is 0.309 e. The van der Waals surface area contributed by atoms with Crippen LogP contribution in [0.4, 0.5) is 17.1 Å². The fraction of sp³-hybridized carbons (Fsp3) is 0. The molecule has 202 valence electrons. The number of thiophene rings is 2. The molecule has 3 heterocycles. The molecular formula is C39H24N2S2. The van der Waals surface area contributed by atoms with Crippen LogP contribution in [0.3, 0.4) is 0 Å². The third kappa shape index (κ3) is 3.95. The molecule has 0 fully saturated rings. The molecule has 0 saturated heterocycles. The van der Waals surface area contributed by atoms with Gasteiger partial charge in [0.25, 0.3) is 0 Å². The summed E-state index contributed by atoms with van der Waals surface area (Å²) in [5.41, 5.74) is 6.93. The molecule has 3 aromatic heterocycles. The number of pyridine rings is 1. The molecular weight excluding hydrogens is 561 g/mol. The molecule has 6 aromatic carbocycles. The molecule has 43 heavy (non-hydrogen) atoms. The quantitative estimate of drug-likeness (QED) is 0.205. The van der Waals surface area contributed by atoms with Crippen molar-refractivity contribution < 1.29 is 0 Å². The molecule has 0 spiro atoms. The maximum Gasteiger partial charge on any atom is 0.0716 e. The van der Waals surface area contributed by atoms with Crippen LogP contribution in [0.2, 0.25) is 0 Å². The number of anilines is 3. The van der Waals surface area contributed by atoms with Gasteiger partial charge in [-0.1, -0.05) is 97.1 Å². The summed E-state index contributed by atoms with van der Waals surface area (Å²) < 4.78 is 5.16. The Bertz CT molecular complexity index is 2450. The zero-order chi connectivity index (χ0) is 28.3. The van der Waals surface area contributed by atoms with Gasteiger partial charge in [0, 0.05) is 58.6 Å². The van der Waals surface area contributed by atoms with Crippen molar-refractivity contribution in [2.24, 2.45) is 0 Å². The molecule has 0 aliphatic rings. The lowest BCUT2D eigenvalue weighted by Crippen LogP contribution is -2.09. The average Bonchev–Trinajstić information content (AvgIpc) is 3.64. The summed E-state index contributed by atoms with van der Waals surface area (Å²) in [6.45, 7) is 0. The smallest absolute Gasteiger partial charge is 0.0716 e. The van der Waals surface area contributed by atoms with E-state index < -0.39 is 0 Å². The molecule has 0 bridgehead atoms. The highest BCUT2D eigenvalue weighted by Gasteiger charge is 2.20. The van der Waals surface area contributed by atoms with Crippen LogP contribution in [0.1, 0.15) is 0 Å². The molecule has 0 atom stereocenters. The molecule has 2 nitrogen and oxygen atoms in total. The summed E-state index contributed by atoms with van der Waals surface area (Å²) in [4.78, 5) is 7.23. The van der Waals surface area contributed by atoms with Crippen LogP contribution in [-0.4, -0.2) is 4.98 Å². The average molecular weight is 585 g/mol. The van der Waals surface area contributed by atoms with Crippen LogP contribution in [0.25, 0.3) is 62.4 Å². The fourth-order valence-corrected chi connectivity index (χ4v) is 8.70. The molecule has 0 N–H and O–H groups in total. The first-order valence-electron chi connectivity index (χ1n) is 14.4. The van der Waals surface area contributed by atoms with E-state index in [2.05, 4.69) is 144 Å². The molecule has 0 aliphatic heterocycles. The molecule has 4 heteroatoms. The Hall–Kier alpha value is -5.03. The number of fused-ring (bicyclic) bond motifs is 8. The molecule has 0 aliphatic carbocycles. The first-order chi connectivity index (χ1) is 21.3. The van der Waals surface area contributed by atoms with E-state index in [0.717, 1.165) is 16.9 Å². The van der Waals surface area contributed by atoms with Crippen LogP contribution < -0.4 is 4.90 Å². The van der Waals surface area contributed by atoms with Gasteiger partial charge in [-0.3, -0.25) is 4.98 Å². The number of nitrogens with zero attached hydrogens (tertiary/aromatic N) is 2. The summed E-state index contributed by atoms with van der Waals surface area (Å²) >= 11 is 3.72. The topological polar surface area (TPSA) is 16.1 Å². The van der Waals surface area contributed by atoms with Crippen LogP contribution in [0.15, 0.2) is 146 Å². The number of benzene rings is 6. The van der Waals surface area contributed by atoms with Crippen LogP contribution in [-0.2, 0) is 0 Å². The monoisotopic (exact) mass is 584 g/mol. The summed E-state index contributed by atoms with van der Waals surface area (Å²) in [6, 6.07) is 50.3. The number of hydrogen-bond donors (Lipinski definition) is 0. The van der Waals surface area contributed by atoms with Gasteiger partial charge in [0.15, 0.2) is 0 Å². The van der Waals surface area contributed by atoms with Gasteiger partial charge in [-0.2, -0.15) is 0 Å². The van der Waals surface area contributed by atoms with Crippen LogP contribution in [0, 0.1) is 0 Å². The lowest BCUT2D eigenvalue weighted by atomic mass is 10.0. The summed E-state index contributed by atoms with van der Waals surface area (Å²) in [5, 5.41) is 6.28. The van der Waals surface area contributed by atoms with E-state index in [0.29, 0.717) is 0 Å². The van der Waals surface area contributed by atoms with Crippen LogP contribution in [0.5, 0.6) is 0 Å². The number of rotatable bonds is 4. The second-order valence-electron chi connectivity index (χ2n) is 10.8. The van der Waals surface area contributed by atoms with Gasteiger partial charge in [0.2, 0.25) is 0 Å². The Balaban J connectivity index is 1.29.